The van der Waals surface area contributed by atoms with Crippen molar-refractivity contribution in [2.75, 3.05) is 33.7 Å². The molecule has 1 fully saturated rings. The van der Waals surface area contributed by atoms with Crippen LogP contribution in [0.1, 0.15) is 25.7 Å². The first kappa shape index (κ1) is 10.5. The van der Waals surface area contributed by atoms with E-state index in [0.29, 0.717) is 5.91 Å². The minimum Gasteiger partial charge on any atom is -0.343 e. The van der Waals surface area contributed by atoms with Crippen LogP contribution in [-0.4, -0.2) is 49.4 Å². The number of amides is 1. The summed E-state index contributed by atoms with van der Waals surface area (Å²) in [6, 6.07) is 0. The molecule has 1 amide bonds. The molecule has 1 heterocycles. The fraction of sp³-hybridized carbons (Fsp3) is 0.900. The Morgan fingerprint density at radius 1 is 1.31 bits per heavy atom. The van der Waals surface area contributed by atoms with Crippen molar-refractivity contribution in [3.63, 3.8) is 0 Å². The molecule has 0 spiro atoms. The van der Waals surface area contributed by atoms with Crippen molar-refractivity contribution < 1.29 is 4.79 Å². The normalized spacial score (nSPS) is 17.0. The van der Waals surface area contributed by atoms with Gasteiger partial charge in [-0.2, -0.15) is 0 Å². The minimum absolute atomic E-state index is 0.347. The van der Waals surface area contributed by atoms with Gasteiger partial charge in [0.1, 0.15) is 0 Å². The van der Waals surface area contributed by atoms with Crippen LogP contribution in [0.5, 0.6) is 0 Å². The molecule has 0 aromatic heterocycles. The number of rotatable bonds is 4. The molecule has 3 nitrogen and oxygen atoms in total. The van der Waals surface area contributed by atoms with Gasteiger partial charge in [0.25, 0.3) is 0 Å². The van der Waals surface area contributed by atoms with Gasteiger partial charge >= 0.3 is 0 Å². The first-order chi connectivity index (χ1) is 6.20. The first-order valence-electron chi connectivity index (χ1n) is 5.12. The van der Waals surface area contributed by atoms with Gasteiger partial charge in [0, 0.05) is 19.5 Å². The summed E-state index contributed by atoms with van der Waals surface area (Å²) in [7, 11) is 4.08. The first-order valence-corrected chi connectivity index (χ1v) is 5.12. The number of carbonyl (C=O) groups excluding carboxylic acids is 1. The highest BCUT2D eigenvalue weighted by molar-refractivity contribution is 5.76. The molecule has 1 aliphatic rings. The van der Waals surface area contributed by atoms with Crippen LogP contribution < -0.4 is 0 Å². The van der Waals surface area contributed by atoms with E-state index in [-0.39, 0.29) is 0 Å². The average Bonchev–Trinajstić information content (AvgIpc) is 2.55. The maximum atomic E-state index is 11.5. The van der Waals surface area contributed by atoms with Crippen LogP contribution in [0, 0.1) is 0 Å². The van der Waals surface area contributed by atoms with Crippen molar-refractivity contribution in [2.24, 2.45) is 0 Å². The molecule has 1 saturated heterocycles. The zero-order chi connectivity index (χ0) is 9.68. The van der Waals surface area contributed by atoms with Gasteiger partial charge in [0.15, 0.2) is 0 Å². The van der Waals surface area contributed by atoms with Crippen molar-refractivity contribution in [3.05, 3.63) is 0 Å². The Kier molecular flexibility index (Phi) is 4.22. The molecular weight excluding hydrogens is 164 g/mol. The van der Waals surface area contributed by atoms with Gasteiger partial charge in [0.2, 0.25) is 5.91 Å². The van der Waals surface area contributed by atoms with Gasteiger partial charge < -0.3 is 9.80 Å². The van der Waals surface area contributed by atoms with E-state index in [1.54, 1.807) is 0 Å². The predicted octanol–water partition coefficient (Wildman–Crippen LogP) is 0.951. The zero-order valence-corrected chi connectivity index (χ0v) is 8.75. The number of carbonyl (C=O) groups is 1. The number of likely N-dealkylation sites (tertiary alicyclic amines) is 1. The van der Waals surface area contributed by atoms with Gasteiger partial charge in [-0.25, -0.2) is 0 Å². The summed E-state index contributed by atoms with van der Waals surface area (Å²) in [5, 5.41) is 0. The van der Waals surface area contributed by atoms with Crippen molar-refractivity contribution in [1.82, 2.24) is 9.80 Å². The third-order valence-corrected chi connectivity index (χ3v) is 2.45. The Hall–Kier alpha value is -0.570. The van der Waals surface area contributed by atoms with Crippen molar-refractivity contribution in [2.45, 2.75) is 25.7 Å². The largest absolute Gasteiger partial charge is 0.343 e. The van der Waals surface area contributed by atoms with Crippen LogP contribution in [0.3, 0.4) is 0 Å². The second-order valence-corrected chi connectivity index (χ2v) is 3.99. The van der Waals surface area contributed by atoms with Crippen LogP contribution in [0.15, 0.2) is 0 Å². The molecule has 0 aromatic rings. The van der Waals surface area contributed by atoms with E-state index in [1.807, 2.05) is 19.0 Å². The summed E-state index contributed by atoms with van der Waals surface area (Å²) in [5.41, 5.74) is 0. The fourth-order valence-electron chi connectivity index (χ4n) is 1.67. The summed E-state index contributed by atoms with van der Waals surface area (Å²) < 4.78 is 0. The topological polar surface area (TPSA) is 23.6 Å². The molecule has 0 aliphatic carbocycles. The summed E-state index contributed by atoms with van der Waals surface area (Å²) in [4.78, 5) is 15.7. The zero-order valence-electron chi connectivity index (χ0n) is 8.75. The highest BCUT2D eigenvalue weighted by Gasteiger charge is 2.16. The molecule has 0 saturated carbocycles. The Morgan fingerprint density at radius 2 is 1.92 bits per heavy atom. The molecule has 0 aromatic carbocycles. The third-order valence-electron chi connectivity index (χ3n) is 2.45. The lowest BCUT2D eigenvalue weighted by Crippen LogP contribution is -2.28. The van der Waals surface area contributed by atoms with Crippen LogP contribution >= 0.6 is 0 Å². The lowest BCUT2D eigenvalue weighted by atomic mass is 10.2. The van der Waals surface area contributed by atoms with Gasteiger partial charge in [-0.15, -0.1) is 0 Å². The molecule has 0 atom stereocenters. The van der Waals surface area contributed by atoms with E-state index in [1.165, 1.54) is 12.8 Å². The van der Waals surface area contributed by atoms with E-state index in [2.05, 4.69) is 4.90 Å². The molecule has 1 aliphatic heterocycles. The van der Waals surface area contributed by atoms with E-state index in [9.17, 15) is 4.79 Å². The van der Waals surface area contributed by atoms with Gasteiger partial charge in [-0.1, -0.05) is 0 Å². The second kappa shape index (κ2) is 5.22. The van der Waals surface area contributed by atoms with E-state index in [0.717, 1.165) is 32.5 Å². The smallest absolute Gasteiger partial charge is 0.222 e. The summed E-state index contributed by atoms with van der Waals surface area (Å²) >= 11 is 0. The SMILES string of the molecule is CN(C)CCCC(=O)N1CCCC1. The van der Waals surface area contributed by atoms with E-state index >= 15 is 0 Å². The molecule has 13 heavy (non-hydrogen) atoms. The molecule has 0 radical (unpaired) electrons. The highest BCUT2D eigenvalue weighted by Crippen LogP contribution is 2.09. The molecule has 0 N–H and O–H groups in total. The summed E-state index contributed by atoms with van der Waals surface area (Å²) in [6.45, 7) is 2.99. The highest BCUT2D eigenvalue weighted by atomic mass is 16.2. The standard InChI is InChI=1S/C10H20N2O/c1-11(2)7-5-6-10(13)12-8-3-4-9-12/h3-9H2,1-2H3. The van der Waals surface area contributed by atoms with Gasteiger partial charge in [0.05, 0.1) is 0 Å². The van der Waals surface area contributed by atoms with Crippen LogP contribution in [0.2, 0.25) is 0 Å². The molecule has 1 rings (SSSR count). The summed E-state index contributed by atoms with van der Waals surface area (Å²) in [6.07, 6.45) is 4.10. The van der Waals surface area contributed by atoms with Crippen LogP contribution in [-0.2, 0) is 4.79 Å². The molecule has 0 bridgehead atoms. The van der Waals surface area contributed by atoms with E-state index < -0.39 is 0 Å². The fourth-order valence-corrected chi connectivity index (χ4v) is 1.67. The Bertz CT molecular complexity index is 162. The van der Waals surface area contributed by atoms with Gasteiger partial charge in [-0.05, 0) is 39.9 Å². The Labute approximate surface area is 80.7 Å². The summed E-state index contributed by atoms with van der Waals surface area (Å²) in [5.74, 6) is 0.347. The second-order valence-electron chi connectivity index (χ2n) is 3.99. The van der Waals surface area contributed by atoms with Crippen LogP contribution in [0.4, 0.5) is 0 Å². The lowest BCUT2D eigenvalue weighted by Gasteiger charge is -2.15. The third kappa shape index (κ3) is 3.77. The van der Waals surface area contributed by atoms with Crippen molar-refractivity contribution in [1.29, 1.82) is 0 Å². The van der Waals surface area contributed by atoms with Crippen molar-refractivity contribution >= 4 is 5.91 Å². The number of hydrogen-bond acceptors (Lipinski definition) is 2. The molecule has 76 valence electrons. The quantitative estimate of drug-likeness (QED) is 0.649. The van der Waals surface area contributed by atoms with Crippen molar-refractivity contribution in [3.8, 4) is 0 Å². The maximum absolute atomic E-state index is 11.5. The van der Waals surface area contributed by atoms with E-state index in [4.69, 9.17) is 0 Å². The molecular formula is C10H20N2O. The Morgan fingerprint density at radius 3 is 2.46 bits per heavy atom. The average molecular weight is 184 g/mol. The molecule has 3 heteroatoms. The van der Waals surface area contributed by atoms with Gasteiger partial charge in [-0.3, -0.25) is 4.79 Å². The monoisotopic (exact) mass is 184 g/mol. The molecule has 0 unspecified atom stereocenters. The Balaban J connectivity index is 2.10. The lowest BCUT2D eigenvalue weighted by molar-refractivity contribution is -0.130. The maximum Gasteiger partial charge on any atom is 0.222 e. The number of nitrogens with zero attached hydrogens (tertiary/aromatic N) is 2. The number of hydrogen-bond donors (Lipinski definition) is 0. The predicted molar refractivity (Wildman–Crippen MR) is 53.6 cm³/mol. The van der Waals surface area contributed by atoms with Crippen LogP contribution in [0.25, 0.3) is 0 Å². The minimum atomic E-state index is 0.347.